The molecule has 0 aliphatic heterocycles. The maximum absolute atomic E-state index is 9.54. The van der Waals surface area contributed by atoms with Gasteiger partial charge in [0.2, 0.25) is 0 Å². The highest BCUT2D eigenvalue weighted by Gasteiger charge is 2.26. The lowest BCUT2D eigenvalue weighted by Gasteiger charge is -2.35. The zero-order valence-electron chi connectivity index (χ0n) is 11.3. The molecular weight excluding hydrogens is 210 g/mol. The van der Waals surface area contributed by atoms with Gasteiger partial charge in [-0.25, -0.2) is 0 Å². The van der Waals surface area contributed by atoms with Gasteiger partial charge < -0.3 is 10.4 Å². The first-order chi connectivity index (χ1) is 8.29. The van der Waals surface area contributed by atoms with Crippen molar-refractivity contribution in [2.24, 2.45) is 5.92 Å². The smallest absolute Gasteiger partial charge is 0.0541 e. The van der Waals surface area contributed by atoms with E-state index in [1.807, 2.05) is 0 Å². The molecular formula is C15H29NO. The molecule has 0 aromatic carbocycles. The summed E-state index contributed by atoms with van der Waals surface area (Å²) in [6.07, 6.45) is 12.8. The average molecular weight is 239 g/mol. The third-order valence-corrected chi connectivity index (χ3v) is 4.81. The number of hydrogen-bond donors (Lipinski definition) is 2. The van der Waals surface area contributed by atoms with Gasteiger partial charge in [0.05, 0.1) is 6.10 Å². The van der Waals surface area contributed by atoms with E-state index >= 15 is 0 Å². The van der Waals surface area contributed by atoms with Gasteiger partial charge in [-0.2, -0.15) is 0 Å². The topological polar surface area (TPSA) is 32.3 Å². The molecule has 2 N–H and O–H groups in total. The van der Waals surface area contributed by atoms with Crippen LogP contribution in [0.15, 0.2) is 0 Å². The summed E-state index contributed by atoms with van der Waals surface area (Å²) >= 11 is 0. The number of nitrogens with one attached hydrogen (secondary N) is 1. The minimum Gasteiger partial charge on any atom is -0.393 e. The summed E-state index contributed by atoms with van der Waals surface area (Å²) in [6.45, 7) is 2.32. The Balaban J connectivity index is 1.78. The molecule has 1 atom stereocenters. The van der Waals surface area contributed by atoms with Crippen molar-refractivity contribution in [1.29, 1.82) is 0 Å². The van der Waals surface area contributed by atoms with Crippen molar-refractivity contribution in [3.05, 3.63) is 0 Å². The molecule has 0 aromatic rings. The summed E-state index contributed by atoms with van der Waals surface area (Å²) < 4.78 is 0. The first-order valence-corrected chi connectivity index (χ1v) is 7.73. The van der Waals surface area contributed by atoms with Gasteiger partial charge in [0.15, 0.2) is 0 Å². The van der Waals surface area contributed by atoms with Crippen LogP contribution >= 0.6 is 0 Å². The molecule has 2 aliphatic rings. The average Bonchev–Trinajstić information content (AvgIpc) is 2.39. The molecule has 0 amide bonds. The highest BCUT2D eigenvalue weighted by atomic mass is 16.3. The molecule has 0 bridgehead atoms. The molecule has 100 valence electrons. The number of rotatable bonds is 4. The van der Waals surface area contributed by atoms with Crippen LogP contribution in [0.1, 0.15) is 71.1 Å². The second-order valence-corrected chi connectivity index (χ2v) is 6.08. The molecule has 2 fully saturated rings. The lowest BCUT2D eigenvalue weighted by molar-refractivity contribution is 0.109. The van der Waals surface area contributed by atoms with Gasteiger partial charge in [-0.3, -0.25) is 0 Å². The number of aliphatic hydroxyl groups excluding tert-OH is 1. The second-order valence-electron chi connectivity index (χ2n) is 6.08. The quantitative estimate of drug-likeness (QED) is 0.789. The Bertz CT molecular complexity index is 205. The fourth-order valence-corrected chi connectivity index (χ4v) is 3.67. The third-order valence-electron chi connectivity index (χ3n) is 4.81. The predicted octanol–water partition coefficient (Wildman–Crippen LogP) is 3.24. The van der Waals surface area contributed by atoms with Crippen LogP contribution in [0, 0.1) is 5.92 Å². The summed E-state index contributed by atoms with van der Waals surface area (Å²) in [7, 11) is 0. The van der Waals surface area contributed by atoms with E-state index in [-0.39, 0.29) is 6.10 Å². The minimum absolute atomic E-state index is 0.0252. The normalized spacial score (nSPS) is 33.5. The molecule has 2 nitrogen and oxygen atoms in total. The van der Waals surface area contributed by atoms with Crippen molar-refractivity contribution in [3.63, 3.8) is 0 Å². The Labute approximate surface area is 106 Å². The molecule has 2 heteroatoms. The highest BCUT2D eigenvalue weighted by Crippen LogP contribution is 2.29. The van der Waals surface area contributed by atoms with E-state index in [1.165, 1.54) is 51.4 Å². The predicted molar refractivity (Wildman–Crippen MR) is 72.1 cm³/mol. The zero-order chi connectivity index (χ0) is 12.1. The zero-order valence-corrected chi connectivity index (χ0v) is 11.3. The van der Waals surface area contributed by atoms with E-state index < -0.39 is 0 Å². The van der Waals surface area contributed by atoms with Crippen molar-refractivity contribution >= 4 is 0 Å². The van der Waals surface area contributed by atoms with Crippen molar-refractivity contribution in [2.75, 3.05) is 0 Å². The Morgan fingerprint density at radius 1 is 1.00 bits per heavy atom. The highest BCUT2D eigenvalue weighted by molar-refractivity contribution is 4.84. The molecule has 0 radical (unpaired) electrons. The van der Waals surface area contributed by atoms with Crippen LogP contribution in [0.3, 0.4) is 0 Å². The first-order valence-electron chi connectivity index (χ1n) is 7.73. The third kappa shape index (κ3) is 3.96. The largest absolute Gasteiger partial charge is 0.393 e. The Morgan fingerprint density at radius 3 is 2.24 bits per heavy atom. The fraction of sp³-hybridized carbons (Fsp3) is 1.00. The van der Waals surface area contributed by atoms with Gasteiger partial charge in [-0.1, -0.05) is 26.2 Å². The molecule has 0 heterocycles. The van der Waals surface area contributed by atoms with Crippen molar-refractivity contribution < 1.29 is 5.11 Å². The summed E-state index contributed by atoms with van der Waals surface area (Å²) in [6, 6.07) is 1.40. The Kier molecular flexibility index (Phi) is 5.30. The van der Waals surface area contributed by atoms with E-state index in [2.05, 4.69) is 12.2 Å². The van der Waals surface area contributed by atoms with E-state index in [1.54, 1.807) is 0 Å². The van der Waals surface area contributed by atoms with Gasteiger partial charge in [-0.05, 0) is 50.9 Å². The molecule has 0 aromatic heterocycles. The molecule has 0 spiro atoms. The van der Waals surface area contributed by atoms with E-state index in [9.17, 15) is 5.11 Å². The molecule has 17 heavy (non-hydrogen) atoms. The monoisotopic (exact) mass is 239 g/mol. The standard InChI is InChI=1S/C15H29NO/c1-2-15(12-6-4-3-5-7-12)16-13-8-10-14(17)11-9-13/h12-17H,2-11H2,1H3. The van der Waals surface area contributed by atoms with E-state index in [0.717, 1.165) is 24.8 Å². The van der Waals surface area contributed by atoms with Crippen LogP contribution in [0.25, 0.3) is 0 Å². The molecule has 2 saturated carbocycles. The molecule has 2 aliphatic carbocycles. The maximum atomic E-state index is 9.54. The SMILES string of the molecule is CCC(NC1CCC(O)CC1)C1CCCCC1. The summed E-state index contributed by atoms with van der Waals surface area (Å²) in [4.78, 5) is 0. The minimum atomic E-state index is -0.0252. The van der Waals surface area contributed by atoms with Crippen LogP contribution in [0.5, 0.6) is 0 Å². The molecule has 2 rings (SSSR count). The fourth-order valence-electron chi connectivity index (χ4n) is 3.67. The Morgan fingerprint density at radius 2 is 1.65 bits per heavy atom. The first kappa shape index (κ1) is 13.4. The van der Waals surface area contributed by atoms with E-state index in [0.29, 0.717) is 6.04 Å². The van der Waals surface area contributed by atoms with Crippen molar-refractivity contribution in [3.8, 4) is 0 Å². The van der Waals surface area contributed by atoms with Gasteiger partial charge in [0, 0.05) is 12.1 Å². The molecule has 1 unspecified atom stereocenters. The van der Waals surface area contributed by atoms with Crippen molar-refractivity contribution in [2.45, 2.75) is 89.3 Å². The lowest BCUT2D eigenvalue weighted by Crippen LogP contribution is -2.45. The van der Waals surface area contributed by atoms with Crippen LogP contribution < -0.4 is 5.32 Å². The summed E-state index contributed by atoms with van der Waals surface area (Å²) in [5.74, 6) is 0.917. The van der Waals surface area contributed by atoms with Gasteiger partial charge in [-0.15, -0.1) is 0 Å². The van der Waals surface area contributed by atoms with Crippen LogP contribution in [-0.4, -0.2) is 23.3 Å². The van der Waals surface area contributed by atoms with Gasteiger partial charge in [0.1, 0.15) is 0 Å². The van der Waals surface area contributed by atoms with Crippen LogP contribution in [0.2, 0.25) is 0 Å². The number of hydrogen-bond acceptors (Lipinski definition) is 2. The van der Waals surface area contributed by atoms with Crippen molar-refractivity contribution in [1.82, 2.24) is 5.32 Å². The van der Waals surface area contributed by atoms with Gasteiger partial charge in [0.25, 0.3) is 0 Å². The van der Waals surface area contributed by atoms with Crippen LogP contribution in [0.4, 0.5) is 0 Å². The summed E-state index contributed by atoms with van der Waals surface area (Å²) in [5.41, 5.74) is 0. The van der Waals surface area contributed by atoms with Gasteiger partial charge >= 0.3 is 0 Å². The maximum Gasteiger partial charge on any atom is 0.0541 e. The second kappa shape index (κ2) is 6.75. The van der Waals surface area contributed by atoms with E-state index in [4.69, 9.17) is 0 Å². The van der Waals surface area contributed by atoms with Crippen LogP contribution in [-0.2, 0) is 0 Å². The Hall–Kier alpha value is -0.0800. The summed E-state index contributed by atoms with van der Waals surface area (Å²) in [5, 5.41) is 13.4. The molecule has 0 saturated heterocycles. The number of aliphatic hydroxyl groups is 1. The lowest BCUT2D eigenvalue weighted by atomic mass is 9.82.